The fourth-order valence-electron chi connectivity index (χ4n) is 0.351. The van der Waals surface area contributed by atoms with E-state index in [9.17, 15) is 4.79 Å². The Kier molecular flexibility index (Phi) is 8.40. The van der Waals surface area contributed by atoms with Crippen molar-refractivity contribution in [3.05, 3.63) is 11.8 Å². The van der Waals surface area contributed by atoms with Gasteiger partial charge in [0.2, 0.25) is 0 Å². The van der Waals surface area contributed by atoms with Crippen molar-refractivity contribution in [2.45, 2.75) is 20.3 Å². The molecule has 0 aromatic carbocycles. The molecular formula is C6H10NaO2. The third-order valence-corrected chi connectivity index (χ3v) is 0.955. The summed E-state index contributed by atoms with van der Waals surface area (Å²) in [4.78, 5) is 10.5. The normalized spacial score (nSPS) is 10.2. The molecule has 0 aliphatic rings. The number of aliphatic hydroxyl groups excluding tert-OH is 1. The van der Waals surface area contributed by atoms with Crippen molar-refractivity contribution in [2.24, 2.45) is 0 Å². The molecule has 0 aromatic heterocycles. The van der Waals surface area contributed by atoms with Gasteiger partial charge < -0.3 is 5.11 Å². The van der Waals surface area contributed by atoms with E-state index >= 15 is 0 Å². The molecule has 0 amide bonds. The van der Waals surface area contributed by atoms with Crippen LogP contribution in [0.5, 0.6) is 0 Å². The average Bonchev–Trinajstić information content (AvgIpc) is 1.84. The van der Waals surface area contributed by atoms with E-state index in [0.29, 0.717) is 12.0 Å². The summed E-state index contributed by atoms with van der Waals surface area (Å²) in [6.45, 7) is 3.35. The van der Waals surface area contributed by atoms with Crippen molar-refractivity contribution >= 4 is 35.3 Å². The predicted octanol–water partition coefficient (Wildman–Crippen LogP) is 1.05. The molecule has 0 fully saturated rings. The van der Waals surface area contributed by atoms with Gasteiger partial charge in [-0.2, -0.15) is 0 Å². The fraction of sp³-hybridized carbons (Fsp3) is 0.500. The van der Waals surface area contributed by atoms with Crippen LogP contribution < -0.4 is 0 Å². The molecule has 0 rings (SSSR count). The Hall–Kier alpha value is 0.210. The molecule has 0 aliphatic carbocycles. The molecule has 0 aromatic rings. The number of ketones is 1. The van der Waals surface area contributed by atoms with Crippen LogP contribution in [-0.2, 0) is 4.79 Å². The number of carbonyl (C=O) groups is 1. The fourth-order valence-corrected chi connectivity index (χ4v) is 0.351. The van der Waals surface area contributed by atoms with Crippen molar-refractivity contribution in [2.75, 3.05) is 0 Å². The van der Waals surface area contributed by atoms with Gasteiger partial charge in [-0.3, -0.25) is 4.79 Å². The van der Waals surface area contributed by atoms with Gasteiger partial charge in [0.25, 0.3) is 0 Å². The summed E-state index contributed by atoms with van der Waals surface area (Å²) in [6.07, 6.45) is 1.30. The second-order valence-electron chi connectivity index (χ2n) is 1.59. The van der Waals surface area contributed by atoms with Crippen molar-refractivity contribution in [3.8, 4) is 0 Å². The van der Waals surface area contributed by atoms with Crippen LogP contribution in [0.1, 0.15) is 20.3 Å². The van der Waals surface area contributed by atoms with Gasteiger partial charge in [0, 0.05) is 41.6 Å². The quantitative estimate of drug-likeness (QED) is 0.351. The summed E-state index contributed by atoms with van der Waals surface area (Å²) in [5.41, 5.74) is 0.424. The molecule has 0 saturated heterocycles. The first-order chi connectivity index (χ1) is 3.72. The van der Waals surface area contributed by atoms with Gasteiger partial charge in [0.05, 0.1) is 6.26 Å². The van der Waals surface area contributed by atoms with Gasteiger partial charge in [-0.1, -0.05) is 6.92 Å². The van der Waals surface area contributed by atoms with E-state index in [1.165, 1.54) is 0 Å². The smallest absolute Gasteiger partial charge is 0.161 e. The standard InChI is InChI=1S/C6H10O2.Na/c1-3-6(8)5(2)4-7;/h4,7H,3H2,1-2H3;/b5-4+;. The van der Waals surface area contributed by atoms with Crippen LogP contribution in [0.25, 0.3) is 0 Å². The summed E-state index contributed by atoms with van der Waals surface area (Å²) in [5.74, 6) is -0.00694. The first kappa shape index (κ1) is 11.9. The zero-order chi connectivity index (χ0) is 6.57. The van der Waals surface area contributed by atoms with Gasteiger partial charge in [-0.15, -0.1) is 0 Å². The Labute approximate surface area is 77.2 Å². The largest absolute Gasteiger partial charge is 0.515 e. The number of hydrogen-bond donors (Lipinski definition) is 1. The molecule has 0 spiro atoms. The molecule has 47 valence electrons. The van der Waals surface area contributed by atoms with E-state index in [2.05, 4.69) is 0 Å². The van der Waals surface area contributed by atoms with E-state index < -0.39 is 0 Å². The van der Waals surface area contributed by atoms with Gasteiger partial charge in [-0.25, -0.2) is 0 Å². The van der Waals surface area contributed by atoms with Crippen LogP contribution in [-0.4, -0.2) is 40.4 Å². The minimum absolute atomic E-state index is 0. The SMILES string of the molecule is CCC(=O)/C(C)=C/O.[Na]. The molecule has 1 N–H and O–H groups in total. The van der Waals surface area contributed by atoms with Crippen LogP contribution in [0.2, 0.25) is 0 Å². The first-order valence-electron chi connectivity index (χ1n) is 2.56. The summed E-state index contributed by atoms with van der Waals surface area (Å²) in [6, 6.07) is 0. The molecular weight excluding hydrogens is 127 g/mol. The van der Waals surface area contributed by atoms with Crippen molar-refractivity contribution in [1.29, 1.82) is 0 Å². The minimum atomic E-state index is -0.00694. The average molecular weight is 137 g/mol. The number of allylic oxidation sites excluding steroid dienone is 1. The van der Waals surface area contributed by atoms with E-state index in [-0.39, 0.29) is 35.3 Å². The molecule has 1 radical (unpaired) electrons. The molecule has 9 heavy (non-hydrogen) atoms. The third kappa shape index (κ3) is 4.70. The van der Waals surface area contributed by atoms with Gasteiger partial charge >= 0.3 is 0 Å². The zero-order valence-corrected chi connectivity index (χ0v) is 8.14. The van der Waals surface area contributed by atoms with Crippen LogP contribution in [0, 0.1) is 0 Å². The number of aliphatic hydroxyl groups is 1. The van der Waals surface area contributed by atoms with Gasteiger partial charge in [0.1, 0.15) is 0 Å². The molecule has 0 atom stereocenters. The van der Waals surface area contributed by atoms with Crippen molar-refractivity contribution in [3.63, 3.8) is 0 Å². The Morgan fingerprint density at radius 3 is 2.22 bits per heavy atom. The van der Waals surface area contributed by atoms with Crippen LogP contribution in [0.3, 0.4) is 0 Å². The Bertz CT molecular complexity index is 118. The van der Waals surface area contributed by atoms with E-state index in [1.807, 2.05) is 0 Å². The van der Waals surface area contributed by atoms with E-state index in [1.54, 1.807) is 13.8 Å². The number of hydrogen-bond acceptors (Lipinski definition) is 2. The second kappa shape index (κ2) is 6.33. The topological polar surface area (TPSA) is 37.3 Å². The zero-order valence-electron chi connectivity index (χ0n) is 6.14. The monoisotopic (exact) mass is 137 g/mol. The summed E-state index contributed by atoms with van der Waals surface area (Å²) in [7, 11) is 0. The summed E-state index contributed by atoms with van der Waals surface area (Å²) in [5, 5.41) is 8.25. The maximum Gasteiger partial charge on any atom is 0.161 e. The molecule has 0 unspecified atom stereocenters. The van der Waals surface area contributed by atoms with Gasteiger partial charge in [0.15, 0.2) is 5.78 Å². The Morgan fingerprint density at radius 1 is 1.67 bits per heavy atom. The maximum atomic E-state index is 10.5. The first-order valence-corrected chi connectivity index (χ1v) is 2.56. The third-order valence-electron chi connectivity index (χ3n) is 0.955. The number of rotatable bonds is 2. The summed E-state index contributed by atoms with van der Waals surface area (Å²) < 4.78 is 0. The van der Waals surface area contributed by atoms with Crippen LogP contribution in [0.4, 0.5) is 0 Å². The molecule has 0 bridgehead atoms. The maximum absolute atomic E-state index is 10.5. The molecule has 0 aliphatic heterocycles. The molecule has 0 heterocycles. The number of carbonyl (C=O) groups excluding carboxylic acids is 1. The van der Waals surface area contributed by atoms with Crippen molar-refractivity contribution in [1.82, 2.24) is 0 Å². The Balaban J connectivity index is 0. The molecule has 2 nitrogen and oxygen atoms in total. The van der Waals surface area contributed by atoms with Crippen LogP contribution >= 0.6 is 0 Å². The van der Waals surface area contributed by atoms with Gasteiger partial charge in [-0.05, 0) is 6.92 Å². The molecule has 0 saturated carbocycles. The minimum Gasteiger partial charge on any atom is -0.515 e. The Morgan fingerprint density at radius 2 is 2.11 bits per heavy atom. The van der Waals surface area contributed by atoms with E-state index in [4.69, 9.17) is 5.11 Å². The summed E-state index contributed by atoms with van der Waals surface area (Å²) >= 11 is 0. The van der Waals surface area contributed by atoms with Crippen LogP contribution in [0.15, 0.2) is 11.8 Å². The van der Waals surface area contributed by atoms with Crippen molar-refractivity contribution < 1.29 is 9.90 Å². The second-order valence-corrected chi connectivity index (χ2v) is 1.59. The van der Waals surface area contributed by atoms with E-state index in [0.717, 1.165) is 6.26 Å². The number of Topliss-reactive ketones (excluding diaryl/α,β-unsaturated/α-hetero) is 1. The molecule has 3 heteroatoms. The predicted molar refractivity (Wildman–Crippen MR) is 37.4 cm³/mol.